The van der Waals surface area contributed by atoms with Crippen LogP contribution in [0.5, 0.6) is 5.75 Å². The summed E-state index contributed by atoms with van der Waals surface area (Å²) in [6.07, 6.45) is 4.57. The van der Waals surface area contributed by atoms with Gasteiger partial charge < -0.3 is 19.4 Å². The molecule has 0 bridgehead atoms. The van der Waals surface area contributed by atoms with Gasteiger partial charge in [-0.3, -0.25) is 4.79 Å². The predicted octanol–water partition coefficient (Wildman–Crippen LogP) is 4.36. The molecule has 0 aliphatic heterocycles. The number of benzene rings is 1. The van der Waals surface area contributed by atoms with Crippen LogP contribution in [0.4, 0.5) is 0 Å². The summed E-state index contributed by atoms with van der Waals surface area (Å²) in [5.41, 5.74) is 0. The molecule has 1 fully saturated rings. The molecule has 3 rings (SSSR count). The third-order valence-electron chi connectivity index (χ3n) is 4.89. The van der Waals surface area contributed by atoms with Gasteiger partial charge in [-0.15, -0.1) is 0 Å². The van der Waals surface area contributed by atoms with Crippen LogP contribution >= 0.6 is 11.6 Å². The number of furan rings is 1. The Kier molecular flexibility index (Phi) is 6.80. The molecule has 1 heterocycles. The molecule has 0 spiro atoms. The molecule has 6 heteroatoms. The molecule has 1 aliphatic carbocycles. The highest BCUT2D eigenvalue weighted by Gasteiger charge is 2.27. The summed E-state index contributed by atoms with van der Waals surface area (Å²) >= 11 is 5.95. The van der Waals surface area contributed by atoms with Gasteiger partial charge in [-0.2, -0.15) is 0 Å². The Hall–Kier alpha value is -1.98. The minimum absolute atomic E-state index is 0.153. The van der Waals surface area contributed by atoms with Gasteiger partial charge in [0.25, 0.3) is 5.91 Å². The van der Waals surface area contributed by atoms with Crippen molar-refractivity contribution in [3.05, 3.63) is 52.9 Å². The summed E-state index contributed by atoms with van der Waals surface area (Å²) in [5, 5.41) is 3.78. The smallest absolute Gasteiger partial charge is 0.287 e. The fraction of sp³-hybridized carbons (Fsp3) is 0.476. The largest absolute Gasteiger partial charge is 0.486 e. The van der Waals surface area contributed by atoms with Crippen LogP contribution in [-0.4, -0.2) is 37.5 Å². The Bertz CT molecular complexity index is 759. The topological polar surface area (TPSA) is 54.7 Å². The number of ether oxygens (including phenoxy) is 1. The molecule has 5 nitrogen and oxygen atoms in total. The lowest BCUT2D eigenvalue weighted by molar-refractivity contribution is 0.0863. The van der Waals surface area contributed by atoms with Crippen LogP contribution in [0.25, 0.3) is 0 Å². The number of amides is 1. The number of rotatable bonds is 7. The van der Waals surface area contributed by atoms with Crippen molar-refractivity contribution in [1.82, 2.24) is 10.2 Å². The van der Waals surface area contributed by atoms with E-state index in [1.54, 1.807) is 24.3 Å². The SMILES string of the molecule is CN(C)CC1CCCCC1NC(=O)c1ccc(COc2cccc(Cl)c2)o1. The summed E-state index contributed by atoms with van der Waals surface area (Å²) in [6, 6.07) is 10.9. The maximum atomic E-state index is 12.6. The van der Waals surface area contributed by atoms with Crippen LogP contribution in [0.1, 0.15) is 42.0 Å². The van der Waals surface area contributed by atoms with Crippen LogP contribution in [0.15, 0.2) is 40.8 Å². The number of halogens is 1. The van der Waals surface area contributed by atoms with Crippen molar-refractivity contribution in [3.8, 4) is 5.75 Å². The van der Waals surface area contributed by atoms with E-state index < -0.39 is 0 Å². The van der Waals surface area contributed by atoms with Gasteiger partial charge in [0.2, 0.25) is 0 Å². The number of hydrogen-bond acceptors (Lipinski definition) is 4. The molecule has 146 valence electrons. The molecule has 1 aromatic heterocycles. The van der Waals surface area contributed by atoms with Gasteiger partial charge >= 0.3 is 0 Å². The van der Waals surface area contributed by atoms with Crippen molar-refractivity contribution in [2.24, 2.45) is 5.92 Å². The van der Waals surface area contributed by atoms with E-state index in [-0.39, 0.29) is 18.6 Å². The Morgan fingerprint density at radius 2 is 2.07 bits per heavy atom. The summed E-state index contributed by atoms with van der Waals surface area (Å²) in [4.78, 5) is 14.8. The summed E-state index contributed by atoms with van der Waals surface area (Å²) in [5.74, 6) is 1.93. The first-order chi connectivity index (χ1) is 13.0. The van der Waals surface area contributed by atoms with Gasteiger partial charge in [-0.05, 0) is 63.2 Å². The first kappa shape index (κ1) is 19.8. The minimum atomic E-state index is -0.153. The van der Waals surface area contributed by atoms with Crippen molar-refractivity contribution >= 4 is 17.5 Å². The zero-order valence-corrected chi connectivity index (χ0v) is 16.7. The van der Waals surface area contributed by atoms with Gasteiger partial charge in [0, 0.05) is 17.6 Å². The van der Waals surface area contributed by atoms with Gasteiger partial charge in [-0.25, -0.2) is 0 Å². The average Bonchev–Trinajstić information content (AvgIpc) is 3.10. The molecule has 1 saturated carbocycles. The first-order valence-electron chi connectivity index (χ1n) is 9.44. The molecule has 0 saturated heterocycles. The first-order valence-corrected chi connectivity index (χ1v) is 9.82. The molecule has 1 amide bonds. The van der Waals surface area contributed by atoms with E-state index in [0.29, 0.717) is 28.2 Å². The molecular formula is C21H27ClN2O3. The maximum Gasteiger partial charge on any atom is 0.287 e. The van der Waals surface area contributed by atoms with Gasteiger partial charge in [0.05, 0.1) is 0 Å². The summed E-state index contributed by atoms with van der Waals surface area (Å²) < 4.78 is 11.3. The summed E-state index contributed by atoms with van der Waals surface area (Å²) in [6.45, 7) is 1.24. The minimum Gasteiger partial charge on any atom is -0.486 e. The van der Waals surface area contributed by atoms with E-state index in [1.807, 2.05) is 12.1 Å². The molecule has 2 atom stereocenters. The lowest BCUT2D eigenvalue weighted by Gasteiger charge is -2.33. The van der Waals surface area contributed by atoms with E-state index in [0.717, 1.165) is 25.8 Å². The molecule has 1 N–H and O–H groups in total. The molecule has 1 aromatic carbocycles. The van der Waals surface area contributed by atoms with Crippen LogP contribution < -0.4 is 10.1 Å². The Morgan fingerprint density at radius 3 is 2.85 bits per heavy atom. The quantitative estimate of drug-likeness (QED) is 0.763. The lowest BCUT2D eigenvalue weighted by Crippen LogP contribution is -2.45. The van der Waals surface area contributed by atoms with Crippen LogP contribution in [-0.2, 0) is 6.61 Å². The lowest BCUT2D eigenvalue weighted by atomic mass is 9.84. The maximum absolute atomic E-state index is 12.6. The highest BCUT2D eigenvalue weighted by atomic mass is 35.5. The van der Waals surface area contributed by atoms with Gasteiger partial charge in [0.15, 0.2) is 5.76 Å². The highest BCUT2D eigenvalue weighted by molar-refractivity contribution is 6.30. The normalized spacial score (nSPS) is 19.9. The number of nitrogens with zero attached hydrogens (tertiary/aromatic N) is 1. The van der Waals surface area contributed by atoms with Crippen molar-refractivity contribution in [3.63, 3.8) is 0 Å². The van der Waals surface area contributed by atoms with Crippen molar-refractivity contribution in [1.29, 1.82) is 0 Å². The van der Waals surface area contributed by atoms with Gasteiger partial charge in [-0.1, -0.05) is 30.5 Å². The molecule has 0 radical (unpaired) electrons. The fourth-order valence-electron chi connectivity index (χ4n) is 3.61. The second-order valence-corrected chi connectivity index (χ2v) is 7.84. The van der Waals surface area contributed by atoms with E-state index in [1.165, 1.54) is 6.42 Å². The second-order valence-electron chi connectivity index (χ2n) is 7.40. The van der Waals surface area contributed by atoms with Crippen molar-refractivity contribution < 1.29 is 13.9 Å². The van der Waals surface area contributed by atoms with E-state index in [9.17, 15) is 4.79 Å². The number of hydrogen-bond donors (Lipinski definition) is 1. The number of carbonyl (C=O) groups excluding carboxylic acids is 1. The van der Waals surface area contributed by atoms with E-state index >= 15 is 0 Å². The summed E-state index contributed by atoms with van der Waals surface area (Å²) in [7, 11) is 4.15. The fourth-order valence-corrected chi connectivity index (χ4v) is 3.79. The Labute approximate surface area is 165 Å². The third-order valence-corrected chi connectivity index (χ3v) is 5.12. The molecule has 1 aliphatic rings. The third kappa shape index (κ3) is 5.75. The number of nitrogens with one attached hydrogen (secondary N) is 1. The van der Waals surface area contributed by atoms with E-state index in [4.69, 9.17) is 20.8 Å². The van der Waals surface area contributed by atoms with Crippen LogP contribution in [0, 0.1) is 5.92 Å². The van der Waals surface area contributed by atoms with Crippen molar-refractivity contribution in [2.45, 2.75) is 38.3 Å². The standard InChI is InChI=1S/C21H27ClN2O3/c1-24(2)13-15-6-3-4-9-19(15)23-21(25)20-11-10-18(27-20)14-26-17-8-5-7-16(22)12-17/h5,7-8,10-12,15,19H,3-4,6,9,13-14H2,1-2H3,(H,23,25). The molecule has 2 unspecified atom stereocenters. The van der Waals surface area contributed by atoms with Crippen molar-refractivity contribution in [2.75, 3.05) is 20.6 Å². The van der Waals surface area contributed by atoms with Crippen LogP contribution in [0.2, 0.25) is 5.02 Å². The Morgan fingerprint density at radius 1 is 1.26 bits per heavy atom. The molecular weight excluding hydrogens is 364 g/mol. The predicted molar refractivity (Wildman–Crippen MR) is 106 cm³/mol. The average molecular weight is 391 g/mol. The zero-order chi connectivity index (χ0) is 19.2. The molecule has 2 aromatic rings. The zero-order valence-electron chi connectivity index (χ0n) is 15.9. The highest BCUT2D eigenvalue weighted by Crippen LogP contribution is 2.25. The monoisotopic (exact) mass is 390 g/mol. The molecule has 27 heavy (non-hydrogen) atoms. The van der Waals surface area contributed by atoms with Gasteiger partial charge in [0.1, 0.15) is 18.1 Å². The Balaban J connectivity index is 1.56. The number of carbonyl (C=O) groups is 1. The second kappa shape index (κ2) is 9.29. The van der Waals surface area contributed by atoms with E-state index in [2.05, 4.69) is 24.3 Å². The van der Waals surface area contributed by atoms with Crippen LogP contribution in [0.3, 0.4) is 0 Å².